The minimum Gasteiger partial charge on any atom is -0.494 e. The van der Waals surface area contributed by atoms with Gasteiger partial charge in [-0.25, -0.2) is 23.5 Å². The summed E-state index contributed by atoms with van der Waals surface area (Å²) in [6.45, 7) is 4.53. The van der Waals surface area contributed by atoms with Crippen LogP contribution in [0.25, 0.3) is 33.8 Å². The molecule has 0 fully saturated rings. The van der Waals surface area contributed by atoms with E-state index in [1.54, 1.807) is 65.5 Å². The number of aryl methyl sites for hydroxylation is 2. The number of carbonyl (C=O) groups is 2. The zero-order valence-electron chi connectivity index (χ0n) is 39.6. The number of hydrogen-bond donors (Lipinski definition) is 3. The quantitative estimate of drug-likeness (QED) is 0.0591. The van der Waals surface area contributed by atoms with E-state index in [2.05, 4.69) is 20.6 Å². The van der Waals surface area contributed by atoms with E-state index < -0.39 is 49.3 Å². The van der Waals surface area contributed by atoms with Gasteiger partial charge in [0.05, 0.1) is 80.2 Å². The number of pyridine rings is 2. The van der Waals surface area contributed by atoms with E-state index in [0.29, 0.717) is 51.5 Å². The van der Waals surface area contributed by atoms with Crippen LogP contribution < -0.4 is 29.6 Å². The number of carbonyl (C=O) groups excluding carboxylic acids is 1. The molecule has 0 saturated carbocycles. The number of imidazole rings is 2. The first kappa shape index (κ1) is 52.5. The number of ether oxygens (including phenoxy) is 4. The van der Waals surface area contributed by atoms with Gasteiger partial charge in [0.15, 0.2) is 40.2 Å². The van der Waals surface area contributed by atoms with Crippen LogP contribution in [0.5, 0.6) is 34.5 Å². The Morgan fingerprint density at radius 3 is 1.38 bits per heavy atom. The van der Waals surface area contributed by atoms with Gasteiger partial charge >= 0.3 is 18.3 Å². The van der Waals surface area contributed by atoms with E-state index in [9.17, 15) is 49.8 Å². The minimum absolute atomic E-state index is 0.0285. The molecule has 8 aromatic rings. The fourth-order valence-electron chi connectivity index (χ4n) is 7.68. The zero-order chi connectivity index (χ0) is 52.8. The Kier molecular flexibility index (Phi) is 15.8. The summed E-state index contributed by atoms with van der Waals surface area (Å²) >= 11 is 0. The Hall–Kier alpha value is -8.36. The molecular weight excluding hydrogens is 973 g/mol. The third-order valence-corrected chi connectivity index (χ3v) is 11.2. The first-order valence-corrected chi connectivity index (χ1v) is 22.3. The van der Waals surface area contributed by atoms with Gasteiger partial charge in [-0.1, -0.05) is 25.1 Å². The number of hydrogen-bond acceptors (Lipinski definition) is 10. The SMILES string of the molecule is CCC(=O)c1ccc(-c2cnc3c(NCCC(F)(F)F)cc(Oc4ccc(OC)c(F)c4)cn23)cc1C.COc1ccc(Oc2cc(NCCC(F)(F)F)c3ncc(-c4ccc(C(=O)O)c(C)c4)n3c2)cc1F. The predicted molar refractivity (Wildman–Crippen MR) is 257 cm³/mol. The molecule has 4 aromatic heterocycles. The van der Waals surface area contributed by atoms with Crippen LogP contribution in [-0.2, 0) is 0 Å². The molecule has 0 radical (unpaired) electrons. The van der Waals surface area contributed by atoms with Crippen LogP contribution in [-0.4, -0.2) is 75.3 Å². The number of methoxy groups -OCH3 is 2. The van der Waals surface area contributed by atoms with Crippen molar-refractivity contribution in [3.8, 4) is 57.0 Å². The number of alkyl halides is 6. The Balaban J connectivity index is 0.000000214. The molecule has 0 amide bonds. The molecule has 3 N–H and O–H groups in total. The van der Waals surface area contributed by atoms with E-state index in [0.717, 1.165) is 23.3 Å². The maximum absolute atomic E-state index is 14.2. The maximum atomic E-state index is 14.2. The molecule has 0 unspecified atom stereocenters. The number of halogens is 8. The number of carboxylic acids is 1. The highest BCUT2D eigenvalue weighted by Crippen LogP contribution is 2.36. The molecule has 4 heterocycles. The van der Waals surface area contributed by atoms with Crippen LogP contribution in [0.4, 0.5) is 46.5 Å². The smallest absolute Gasteiger partial charge is 0.390 e. The Morgan fingerprint density at radius 2 is 1.03 bits per heavy atom. The summed E-state index contributed by atoms with van der Waals surface area (Å²) in [7, 11) is 2.68. The van der Waals surface area contributed by atoms with Gasteiger partial charge in [0, 0.05) is 60.5 Å². The van der Waals surface area contributed by atoms with Crippen molar-refractivity contribution in [2.45, 2.75) is 52.4 Å². The number of benzene rings is 4. The Morgan fingerprint density at radius 1 is 0.603 bits per heavy atom. The van der Waals surface area contributed by atoms with Crippen molar-refractivity contribution in [2.24, 2.45) is 0 Å². The van der Waals surface area contributed by atoms with E-state index in [4.69, 9.17) is 18.9 Å². The van der Waals surface area contributed by atoms with Gasteiger partial charge in [-0.3, -0.25) is 13.6 Å². The minimum atomic E-state index is -4.35. The lowest BCUT2D eigenvalue weighted by Crippen LogP contribution is -2.15. The molecule has 382 valence electrons. The van der Waals surface area contributed by atoms with Gasteiger partial charge in [0.1, 0.15) is 23.0 Å². The van der Waals surface area contributed by atoms with E-state index in [1.165, 1.54) is 62.9 Å². The number of aromatic nitrogens is 4. The molecule has 0 spiro atoms. The molecule has 0 aliphatic rings. The van der Waals surface area contributed by atoms with Gasteiger partial charge in [-0.05, 0) is 67.4 Å². The topological polar surface area (TPSA) is 150 Å². The van der Waals surface area contributed by atoms with Gasteiger partial charge in [0.25, 0.3) is 0 Å². The van der Waals surface area contributed by atoms with Crippen molar-refractivity contribution in [3.63, 3.8) is 0 Å². The molecule has 0 bridgehead atoms. The Bertz CT molecular complexity index is 3320. The average Bonchev–Trinajstić information content (AvgIpc) is 3.96. The molecule has 8 rings (SSSR count). The first-order valence-electron chi connectivity index (χ1n) is 22.3. The normalized spacial score (nSPS) is 11.5. The number of carboxylic acid groups (broad SMARTS) is 1. The van der Waals surface area contributed by atoms with Crippen LogP contribution in [0.15, 0.2) is 110 Å². The van der Waals surface area contributed by atoms with Crippen LogP contribution in [0, 0.1) is 25.5 Å². The largest absolute Gasteiger partial charge is 0.494 e. The third kappa shape index (κ3) is 12.8. The summed E-state index contributed by atoms with van der Waals surface area (Å²) in [5.41, 5.74) is 5.99. The lowest BCUT2D eigenvalue weighted by Gasteiger charge is -2.14. The van der Waals surface area contributed by atoms with Crippen molar-refractivity contribution in [1.82, 2.24) is 18.8 Å². The number of fused-ring (bicyclic) bond motifs is 2. The second-order valence-electron chi connectivity index (χ2n) is 16.4. The summed E-state index contributed by atoms with van der Waals surface area (Å²) in [5.74, 6) is -1.42. The predicted octanol–water partition coefficient (Wildman–Crippen LogP) is 13.5. The summed E-state index contributed by atoms with van der Waals surface area (Å²) in [5, 5.41) is 14.8. The fraction of sp³-hybridized carbons (Fsp3) is 0.231. The van der Waals surface area contributed by atoms with Crippen molar-refractivity contribution in [2.75, 3.05) is 37.9 Å². The highest BCUT2D eigenvalue weighted by molar-refractivity contribution is 5.97. The summed E-state index contributed by atoms with van der Waals surface area (Å²) in [6, 6.07) is 21.2. The second kappa shape index (κ2) is 22.0. The van der Waals surface area contributed by atoms with Gasteiger partial charge in [0.2, 0.25) is 0 Å². The standard InChI is InChI=1S/C27H25F4N3O3.C25H21F4N3O4/c1-4-24(35)20-7-5-17(11-16(20)2)23-14-33-26-22(32-10-9-27(29,30)31)13-19(15-34(23)26)37-18-6-8-25(36-3)21(28)12-18;1-14-9-15(3-5-18(14)24(33)34)21-12-31-23-20(30-8-7-25(27,28)29)11-17(13-32(21)23)36-16-4-6-22(35-2)19(26)10-16/h5-8,11-15,32H,4,9-10H2,1-3H3;3-6,9-13,30H,7-8H2,1-2H3,(H,33,34). The lowest BCUT2D eigenvalue weighted by atomic mass is 9.99. The number of anilines is 2. The number of nitrogens with one attached hydrogen (secondary N) is 2. The first-order chi connectivity index (χ1) is 34.6. The lowest BCUT2D eigenvalue weighted by molar-refractivity contribution is -0.132. The summed E-state index contributed by atoms with van der Waals surface area (Å²) in [6.07, 6.45) is -4.08. The molecule has 0 saturated heterocycles. The van der Waals surface area contributed by atoms with E-state index in [1.807, 2.05) is 13.0 Å². The van der Waals surface area contributed by atoms with E-state index in [-0.39, 0.29) is 58.1 Å². The number of rotatable bonds is 17. The zero-order valence-corrected chi connectivity index (χ0v) is 39.6. The summed E-state index contributed by atoms with van der Waals surface area (Å²) in [4.78, 5) is 32.3. The molecule has 21 heteroatoms. The average molecular weight is 1020 g/mol. The number of nitrogens with zero attached hydrogens (tertiary/aromatic N) is 4. The Labute approximate surface area is 412 Å². The van der Waals surface area contributed by atoms with Crippen molar-refractivity contribution < 1.29 is 68.8 Å². The second-order valence-corrected chi connectivity index (χ2v) is 16.4. The van der Waals surface area contributed by atoms with Crippen LogP contribution >= 0.6 is 0 Å². The van der Waals surface area contributed by atoms with Crippen LogP contribution in [0.2, 0.25) is 0 Å². The molecular formula is C52H46F8N6O7. The molecule has 0 atom stereocenters. The summed E-state index contributed by atoms with van der Waals surface area (Å²) < 4.78 is 130. The van der Waals surface area contributed by atoms with Crippen molar-refractivity contribution in [1.29, 1.82) is 0 Å². The molecule has 0 aliphatic heterocycles. The molecule has 73 heavy (non-hydrogen) atoms. The van der Waals surface area contributed by atoms with Crippen molar-refractivity contribution >= 4 is 34.4 Å². The molecule has 4 aromatic carbocycles. The van der Waals surface area contributed by atoms with Crippen molar-refractivity contribution in [3.05, 3.63) is 144 Å². The number of aromatic carboxylic acids is 1. The van der Waals surface area contributed by atoms with E-state index >= 15 is 0 Å². The molecule has 13 nitrogen and oxygen atoms in total. The van der Waals surface area contributed by atoms with Crippen LogP contribution in [0.1, 0.15) is 58.0 Å². The highest BCUT2D eigenvalue weighted by atomic mass is 19.4. The highest BCUT2D eigenvalue weighted by Gasteiger charge is 2.28. The number of ketones is 1. The van der Waals surface area contributed by atoms with Gasteiger partial charge in [-0.15, -0.1) is 0 Å². The maximum Gasteiger partial charge on any atom is 0.390 e. The van der Waals surface area contributed by atoms with Crippen LogP contribution in [0.3, 0.4) is 0 Å². The van der Waals surface area contributed by atoms with Gasteiger partial charge < -0.3 is 34.7 Å². The third-order valence-electron chi connectivity index (χ3n) is 11.2. The van der Waals surface area contributed by atoms with Gasteiger partial charge in [-0.2, -0.15) is 26.3 Å². The number of Topliss-reactive ketones (excluding diaryl/α,β-unsaturated/α-hetero) is 1. The monoisotopic (exact) mass is 1020 g/mol. The molecule has 0 aliphatic carbocycles. The fourth-order valence-corrected chi connectivity index (χ4v) is 7.68.